The molecule has 5 heteroatoms. The number of allylic oxidation sites excluding steroid dienone is 3. The number of alkyl halides is 2. The Bertz CT molecular complexity index is 248. The van der Waals surface area contributed by atoms with Gasteiger partial charge in [-0.15, -0.1) is 0 Å². The third-order valence-electron chi connectivity index (χ3n) is 1.62. The van der Waals surface area contributed by atoms with Crippen LogP contribution in [0.4, 0.5) is 0 Å². The number of nitrogens with one attached hydrogen (secondary N) is 2. The van der Waals surface area contributed by atoms with Crippen molar-refractivity contribution in [1.29, 1.82) is 0 Å². The zero-order chi connectivity index (χ0) is 10.2. The summed E-state index contributed by atoms with van der Waals surface area (Å²) in [6, 6.07) is 0. The molecule has 0 radical (unpaired) electrons. The van der Waals surface area contributed by atoms with E-state index in [1.165, 1.54) is 10.8 Å². The third-order valence-corrected chi connectivity index (χ3v) is 3.33. The van der Waals surface area contributed by atoms with Gasteiger partial charge in [-0.25, -0.2) is 0 Å². The molecule has 2 N–H and O–H groups in total. The highest BCUT2D eigenvalue weighted by Crippen LogP contribution is 2.11. The standard InChI is InChI=1S/C9H13I2N3/c10-5-1-4-9(11)12-7-8-3-2-6-13-14-8/h2-3,6-7,9,13-14H,1,4-5H2/t9-/m0/s1. The minimum Gasteiger partial charge on any atom is -0.308 e. The second-order valence-corrected chi connectivity index (χ2v) is 5.31. The van der Waals surface area contributed by atoms with Crippen LogP contribution in [0.15, 0.2) is 29.0 Å². The lowest BCUT2D eigenvalue weighted by molar-refractivity contribution is 0.744. The molecule has 78 valence electrons. The van der Waals surface area contributed by atoms with Crippen molar-refractivity contribution >= 4 is 51.4 Å². The van der Waals surface area contributed by atoms with E-state index in [1.54, 1.807) is 0 Å². The van der Waals surface area contributed by atoms with Gasteiger partial charge in [0.1, 0.15) is 4.05 Å². The first-order chi connectivity index (χ1) is 6.83. The van der Waals surface area contributed by atoms with Gasteiger partial charge >= 0.3 is 0 Å². The topological polar surface area (TPSA) is 36.4 Å². The molecule has 1 rings (SSSR count). The van der Waals surface area contributed by atoms with Crippen molar-refractivity contribution in [1.82, 2.24) is 10.9 Å². The molecule has 14 heavy (non-hydrogen) atoms. The molecule has 0 aromatic heterocycles. The van der Waals surface area contributed by atoms with Crippen molar-refractivity contribution in [3.05, 3.63) is 24.0 Å². The summed E-state index contributed by atoms with van der Waals surface area (Å²) < 4.78 is 1.59. The van der Waals surface area contributed by atoms with Crippen molar-refractivity contribution in [2.45, 2.75) is 16.9 Å². The first-order valence-corrected chi connectivity index (χ1v) is 7.21. The molecule has 0 aliphatic carbocycles. The number of rotatable bonds is 5. The smallest absolute Gasteiger partial charge is 0.101 e. The summed E-state index contributed by atoms with van der Waals surface area (Å²) in [5.74, 6) is 0. The number of hydrazine groups is 1. The van der Waals surface area contributed by atoms with E-state index in [0.29, 0.717) is 4.05 Å². The van der Waals surface area contributed by atoms with Crippen LogP contribution in [0.1, 0.15) is 12.8 Å². The van der Waals surface area contributed by atoms with Gasteiger partial charge in [-0.05, 0) is 29.4 Å². The van der Waals surface area contributed by atoms with Crippen molar-refractivity contribution in [3.8, 4) is 0 Å². The molecule has 0 aromatic rings. The summed E-state index contributed by atoms with van der Waals surface area (Å²) in [5, 5.41) is 0. The number of hydrogen-bond donors (Lipinski definition) is 2. The van der Waals surface area contributed by atoms with Crippen molar-refractivity contribution < 1.29 is 0 Å². The fourth-order valence-corrected chi connectivity index (χ4v) is 1.96. The van der Waals surface area contributed by atoms with Crippen LogP contribution in [0.25, 0.3) is 0 Å². The molecule has 1 heterocycles. The maximum atomic E-state index is 4.44. The van der Waals surface area contributed by atoms with Gasteiger partial charge < -0.3 is 5.43 Å². The monoisotopic (exact) mass is 417 g/mol. The van der Waals surface area contributed by atoms with Gasteiger partial charge in [0.2, 0.25) is 0 Å². The summed E-state index contributed by atoms with van der Waals surface area (Å²) in [6.45, 7) is 0. The van der Waals surface area contributed by atoms with E-state index in [-0.39, 0.29) is 0 Å². The van der Waals surface area contributed by atoms with E-state index in [2.05, 4.69) is 61.0 Å². The summed E-state index contributed by atoms with van der Waals surface area (Å²) in [5.41, 5.74) is 6.91. The molecule has 0 unspecified atom stereocenters. The molecular weight excluding hydrogens is 404 g/mol. The van der Waals surface area contributed by atoms with Crippen LogP contribution in [-0.4, -0.2) is 14.7 Å². The predicted octanol–water partition coefficient (Wildman–Crippen LogP) is 2.54. The Morgan fingerprint density at radius 2 is 2.43 bits per heavy atom. The zero-order valence-electron chi connectivity index (χ0n) is 7.71. The van der Waals surface area contributed by atoms with Crippen LogP contribution in [0.2, 0.25) is 0 Å². The lowest BCUT2D eigenvalue weighted by Crippen LogP contribution is -2.28. The van der Waals surface area contributed by atoms with Gasteiger partial charge in [0.15, 0.2) is 0 Å². The second kappa shape index (κ2) is 7.49. The second-order valence-electron chi connectivity index (χ2n) is 2.79. The van der Waals surface area contributed by atoms with Crippen molar-refractivity contribution in [2.24, 2.45) is 4.99 Å². The van der Waals surface area contributed by atoms with Gasteiger partial charge in [-0.3, -0.25) is 10.4 Å². The Hall–Kier alpha value is 0.210. The summed E-state index contributed by atoms with van der Waals surface area (Å²) in [4.78, 5) is 4.44. The van der Waals surface area contributed by atoms with Gasteiger partial charge in [0, 0.05) is 12.4 Å². The Balaban J connectivity index is 2.30. The van der Waals surface area contributed by atoms with Crippen LogP contribution in [0, 0.1) is 0 Å². The first-order valence-electron chi connectivity index (χ1n) is 4.44. The van der Waals surface area contributed by atoms with E-state index in [0.717, 1.165) is 12.1 Å². The quantitative estimate of drug-likeness (QED) is 0.313. The summed E-state index contributed by atoms with van der Waals surface area (Å²) >= 11 is 4.76. The maximum Gasteiger partial charge on any atom is 0.101 e. The SMILES string of the molecule is ICCC[C@@H](I)N=CC1=CC=CNN1. The Kier molecular flexibility index (Phi) is 6.57. The van der Waals surface area contributed by atoms with Crippen LogP contribution in [0.5, 0.6) is 0 Å². The van der Waals surface area contributed by atoms with E-state index >= 15 is 0 Å². The Morgan fingerprint density at radius 3 is 3.07 bits per heavy atom. The fourth-order valence-electron chi connectivity index (χ4n) is 0.923. The largest absolute Gasteiger partial charge is 0.308 e. The molecule has 0 saturated carbocycles. The Labute approximate surface area is 112 Å². The van der Waals surface area contributed by atoms with Gasteiger partial charge in [0.25, 0.3) is 0 Å². The molecule has 0 fully saturated rings. The lowest BCUT2D eigenvalue weighted by atomic mass is 10.3. The van der Waals surface area contributed by atoms with Crippen LogP contribution >= 0.6 is 45.2 Å². The highest BCUT2D eigenvalue weighted by Gasteiger charge is 1.99. The van der Waals surface area contributed by atoms with E-state index in [1.807, 2.05) is 24.6 Å². The molecule has 0 amide bonds. The third kappa shape index (κ3) is 5.18. The molecule has 0 aromatic carbocycles. The lowest BCUT2D eigenvalue weighted by Gasteiger charge is -2.09. The first kappa shape index (κ1) is 12.3. The number of aliphatic imine (C=N–C) groups is 1. The summed E-state index contributed by atoms with van der Waals surface area (Å²) in [7, 11) is 0. The van der Waals surface area contributed by atoms with Gasteiger partial charge in [0.05, 0.1) is 5.70 Å². The zero-order valence-corrected chi connectivity index (χ0v) is 12.0. The van der Waals surface area contributed by atoms with Crippen molar-refractivity contribution in [2.75, 3.05) is 4.43 Å². The Morgan fingerprint density at radius 1 is 1.57 bits per heavy atom. The highest BCUT2D eigenvalue weighted by molar-refractivity contribution is 14.1. The number of nitrogens with zero attached hydrogens (tertiary/aromatic N) is 1. The van der Waals surface area contributed by atoms with E-state index in [9.17, 15) is 0 Å². The molecule has 3 nitrogen and oxygen atoms in total. The molecular formula is C9H13I2N3. The molecule has 1 aliphatic heterocycles. The minimum atomic E-state index is 0.385. The summed E-state index contributed by atoms with van der Waals surface area (Å²) in [6.07, 6.45) is 10.0. The number of hydrogen-bond acceptors (Lipinski definition) is 3. The molecule has 1 atom stereocenters. The highest BCUT2D eigenvalue weighted by atomic mass is 127. The molecule has 0 spiro atoms. The fraction of sp³-hybridized carbons (Fsp3) is 0.444. The van der Waals surface area contributed by atoms with Crippen molar-refractivity contribution in [3.63, 3.8) is 0 Å². The maximum absolute atomic E-state index is 4.44. The van der Waals surface area contributed by atoms with Crippen LogP contribution in [0.3, 0.4) is 0 Å². The minimum absolute atomic E-state index is 0.385. The predicted molar refractivity (Wildman–Crippen MR) is 77.9 cm³/mol. The van der Waals surface area contributed by atoms with Gasteiger partial charge in [-0.1, -0.05) is 45.2 Å². The van der Waals surface area contributed by atoms with Gasteiger partial charge in [-0.2, -0.15) is 0 Å². The average molecular weight is 417 g/mol. The van der Waals surface area contributed by atoms with E-state index in [4.69, 9.17) is 0 Å². The van der Waals surface area contributed by atoms with Crippen LogP contribution < -0.4 is 10.9 Å². The van der Waals surface area contributed by atoms with E-state index < -0.39 is 0 Å². The van der Waals surface area contributed by atoms with Crippen LogP contribution in [-0.2, 0) is 0 Å². The normalized spacial score (nSPS) is 17.4. The molecule has 0 saturated heterocycles. The number of halogens is 2. The molecule has 0 bridgehead atoms. The average Bonchev–Trinajstić information content (AvgIpc) is 2.25. The molecule has 1 aliphatic rings.